The van der Waals surface area contributed by atoms with E-state index in [0.717, 1.165) is 12.1 Å². The summed E-state index contributed by atoms with van der Waals surface area (Å²) in [6.07, 6.45) is 0. The molecular formula is C13H10FNO5. The molecule has 1 N–H and O–H groups in total. The normalized spacial score (nSPS) is 10.3. The van der Waals surface area contributed by atoms with E-state index in [1.165, 1.54) is 13.2 Å². The molecule has 0 aliphatic heterocycles. The van der Waals surface area contributed by atoms with Gasteiger partial charge in [-0.1, -0.05) is 5.16 Å². The van der Waals surface area contributed by atoms with E-state index < -0.39 is 17.8 Å². The predicted octanol–water partition coefficient (Wildman–Crippen LogP) is 2.27. The van der Waals surface area contributed by atoms with Crippen LogP contribution in [-0.2, 0) is 4.74 Å². The highest BCUT2D eigenvalue weighted by Gasteiger charge is 2.19. The molecule has 20 heavy (non-hydrogen) atoms. The largest absolute Gasteiger partial charge is 0.476 e. The average Bonchev–Trinajstić information content (AvgIpc) is 2.87. The van der Waals surface area contributed by atoms with Crippen molar-refractivity contribution in [3.63, 3.8) is 0 Å². The number of rotatable bonds is 3. The molecular weight excluding hydrogens is 269 g/mol. The van der Waals surface area contributed by atoms with E-state index in [1.54, 1.807) is 6.92 Å². The summed E-state index contributed by atoms with van der Waals surface area (Å²) in [7, 11) is 1.21. The molecule has 0 saturated heterocycles. The molecule has 0 bridgehead atoms. The second kappa shape index (κ2) is 5.12. The Bertz CT molecular complexity index is 692. The summed E-state index contributed by atoms with van der Waals surface area (Å²) in [4.78, 5) is 22.3. The third-order valence-electron chi connectivity index (χ3n) is 2.71. The van der Waals surface area contributed by atoms with Gasteiger partial charge in [-0.05, 0) is 24.6 Å². The lowest BCUT2D eigenvalue weighted by molar-refractivity contribution is 0.0599. The highest BCUT2D eigenvalue weighted by atomic mass is 19.1. The molecule has 0 unspecified atom stereocenters. The molecule has 1 aromatic heterocycles. The Morgan fingerprint density at radius 1 is 1.35 bits per heavy atom. The highest BCUT2D eigenvalue weighted by Crippen LogP contribution is 2.27. The van der Waals surface area contributed by atoms with Crippen molar-refractivity contribution in [2.45, 2.75) is 6.92 Å². The zero-order valence-electron chi connectivity index (χ0n) is 10.6. The van der Waals surface area contributed by atoms with E-state index in [0.29, 0.717) is 5.56 Å². The first-order valence-corrected chi connectivity index (χ1v) is 5.53. The topological polar surface area (TPSA) is 89.6 Å². The first-order chi connectivity index (χ1) is 9.43. The summed E-state index contributed by atoms with van der Waals surface area (Å²) in [6, 6.07) is 3.46. The standard InChI is InChI=1S/C13H10FNO5/c1-6-3-9(14)8(4-7(6)13(18)19-2)11-5-10(12(16)17)15-20-11/h3-5H,1-2H3,(H,16,17). The fourth-order valence-electron chi connectivity index (χ4n) is 1.69. The lowest BCUT2D eigenvalue weighted by Crippen LogP contribution is -2.05. The molecule has 2 aromatic rings. The fourth-order valence-corrected chi connectivity index (χ4v) is 1.69. The van der Waals surface area contributed by atoms with Gasteiger partial charge in [-0.15, -0.1) is 0 Å². The predicted molar refractivity (Wildman–Crippen MR) is 64.9 cm³/mol. The summed E-state index contributed by atoms with van der Waals surface area (Å²) >= 11 is 0. The van der Waals surface area contributed by atoms with Crippen LogP contribution in [0.1, 0.15) is 26.4 Å². The third-order valence-corrected chi connectivity index (χ3v) is 2.71. The first kappa shape index (κ1) is 13.7. The van der Waals surface area contributed by atoms with Crippen LogP contribution in [-0.4, -0.2) is 29.3 Å². The number of ether oxygens (including phenoxy) is 1. The van der Waals surface area contributed by atoms with Crippen molar-refractivity contribution < 1.29 is 28.3 Å². The molecule has 7 heteroatoms. The molecule has 0 amide bonds. The maximum Gasteiger partial charge on any atom is 0.358 e. The van der Waals surface area contributed by atoms with Crippen LogP contribution in [0.3, 0.4) is 0 Å². The van der Waals surface area contributed by atoms with Gasteiger partial charge >= 0.3 is 11.9 Å². The number of esters is 1. The van der Waals surface area contributed by atoms with Gasteiger partial charge in [0.1, 0.15) is 5.82 Å². The lowest BCUT2D eigenvalue weighted by Gasteiger charge is -2.06. The van der Waals surface area contributed by atoms with Crippen molar-refractivity contribution in [3.05, 3.63) is 40.8 Å². The molecule has 0 radical (unpaired) electrons. The van der Waals surface area contributed by atoms with Gasteiger partial charge in [0, 0.05) is 6.07 Å². The number of halogens is 1. The summed E-state index contributed by atoms with van der Waals surface area (Å²) < 4.78 is 23.3. The summed E-state index contributed by atoms with van der Waals surface area (Å²) in [6.45, 7) is 1.56. The number of methoxy groups -OCH3 is 1. The van der Waals surface area contributed by atoms with E-state index in [-0.39, 0.29) is 22.6 Å². The second-order valence-electron chi connectivity index (χ2n) is 4.02. The molecule has 0 aliphatic rings. The summed E-state index contributed by atoms with van der Waals surface area (Å²) in [5.74, 6) is -2.64. The Balaban J connectivity index is 2.55. The van der Waals surface area contributed by atoms with Crippen LogP contribution in [0.15, 0.2) is 22.7 Å². The molecule has 0 spiro atoms. The zero-order chi connectivity index (χ0) is 14.9. The van der Waals surface area contributed by atoms with Crippen molar-refractivity contribution in [2.24, 2.45) is 0 Å². The summed E-state index contributed by atoms with van der Waals surface area (Å²) in [5.41, 5.74) is 0.156. The third kappa shape index (κ3) is 2.37. The highest BCUT2D eigenvalue weighted by molar-refractivity contribution is 5.93. The number of hydrogen-bond acceptors (Lipinski definition) is 5. The molecule has 2 rings (SSSR count). The SMILES string of the molecule is COC(=O)c1cc(-c2cc(C(=O)O)no2)c(F)cc1C. The molecule has 1 aromatic carbocycles. The maximum atomic E-state index is 13.9. The number of aromatic nitrogens is 1. The van der Waals surface area contributed by atoms with Crippen LogP contribution >= 0.6 is 0 Å². The van der Waals surface area contributed by atoms with E-state index in [4.69, 9.17) is 9.63 Å². The number of carboxylic acid groups (broad SMARTS) is 1. The number of aromatic carboxylic acids is 1. The average molecular weight is 279 g/mol. The van der Waals surface area contributed by atoms with Crippen LogP contribution in [0.25, 0.3) is 11.3 Å². The zero-order valence-corrected chi connectivity index (χ0v) is 10.6. The van der Waals surface area contributed by atoms with Crippen LogP contribution < -0.4 is 0 Å². The number of aryl methyl sites for hydroxylation is 1. The van der Waals surface area contributed by atoms with Gasteiger partial charge in [-0.2, -0.15) is 0 Å². The Morgan fingerprint density at radius 2 is 2.05 bits per heavy atom. The van der Waals surface area contributed by atoms with Gasteiger partial charge in [0.15, 0.2) is 11.5 Å². The maximum absolute atomic E-state index is 13.9. The van der Waals surface area contributed by atoms with Crippen LogP contribution in [0, 0.1) is 12.7 Å². The van der Waals surface area contributed by atoms with Gasteiger partial charge in [-0.25, -0.2) is 14.0 Å². The van der Waals surface area contributed by atoms with Crippen molar-refractivity contribution in [1.29, 1.82) is 0 Å². The minimum Gasteiger partial charge on any atom is -0.476 e. The number of carbonyl (C=O) groups excluding carboxylic acids is 1. The second-order valence-corrected chi connectivity index (χ2v) is 4.02. The van der Waals surface area contributed by atoms with Gasteiger partial charge in [-0.3, -0.25) is 0 Å². The number of carbonyl (C=O) groups is 2. The Hall–Kier alpha value is -2.70. The van der Waals surface area contributed by atoms with E-state index >= 15 is 0 Å². The van der Waals surface area contributed by atoms with Crippen LogP contribution in [0.4, 0.5) is 4.39 Å². The lowest BCUT2D eigenvalue weighted by atomic mass is 10.0. The number of benzene rings is 1. The summed E-state index contributed by atoms with van der Waals surface area (Å²) in [5, 5.41) is 12.0. The van der Waals surface area contributed by atoms with Gasteiger partial charge in [0.05, 0.1) is 18.2 Å². The van der Waals surface area contributed by atoms with Gasteiger partial charge in [0.25, 0.3) is 0 Å². The Morgan fingerprint density at radius 3 is 2.60 bits per heavy atom. The van der Waals surface area contributed by atoms with E-state index in [1.807, 2.05) is 0 Å². The van der Waals surface area contributed by atoms with Crippen molar-refractivity contribution in [1.82, 2.24) is 5.16 Å². The van der Waals surface area contributed by atoms with Crippen molar-refractivity contribution in [3.8, 4) is 11.3 Å². The molecule has 0 saturated carbocycles. The first-order valence-electron chi connectivity index (χ1n) is 5.53. The minimum atomic E-state index is -1.29. The smallest absolute Gasteiger partial charge is 0.358 e. The molecule has 0 atom stereocenters. The quantitative estimate of drug-likeness (QED) is 0.867. The minimum absolute atomic E-state index is 0.0593. The van der Waals surface area contributed by atoms with Crippen LogP contribution in [0.5, 0.6) is 0 Å². The molecule has 0 fully saturated rings. The Labute approximate surface area is 112 Å². The van der Waals surface area contributed by atoms with Gasteiger partial charge < -0.3 is 14.4 Å². The molecule has 1 heterocycles. The number of hydrogen-bond donors (Lipinski definition) is 1. The van der Waals surface area contributed by atoms with Gasteiger partial charge in [0.2, 0.25) is 0 Å². The molecule has 104 valence electrons. The van der Waals surface area contributed by atoms with Crippen LogP contribution in [0.2, 0.25) is 0 Å². The van der Waals surface area contributed by atoms with E-state index in [9.17, 15) is 14.0 Å². The number of carboxylic acids is 1. The fraction of sp³-hybridized carbons (Fsp3) is 0.154. The molecule has 0 aliphatic carbocycles. The Kier molecular flexibility index (Phi) is 3.51. The molecule has 6 nitrogen and oxygen atoms in total. The van der Waals surface area contributed by atoms with Crippen molar-refractivity contribution >= 4 is 11.9 Å². The number of nitrogens with zero attached hydrogens (tertiary/aromatic N) is 1. The van der Waals surface area contributed by atoms with E-state index in [2.05, 4.69) is 9.89 Å². The van der Waals surface area contributed by atoms with Crippen molar-refractivity contribution in [2.75, 3.05) is 7.11 Å². The monoisotopic (exact) mass is 279 g/mol.